The molecule has 0 saturated heterocycles. The smallest absolute Gasteiger partial charge is 0.365 e. The molecule has 0 spiro atoms. The van der Waals surface area contributed by atoms with Gasteiger partial charge in [-0.2, -0.15) is 0 Å². The maximum atomic E-state index is 13.1. The molecular formula is C46H46N2O8S2. The molecule has 0 saturated carbocycles. The van der Waals surface area contributed by atoms with Gasteiger partial charge in [0.05, 0.1) is 12.2 Å². The van der Waals surface area contributed by atoms with Gasteiger partial charge in [0, 0.05) is 37.6 Å². The largest absolute Gasteiger partial charge is 0.491 e. The summed E-state index contributed by atoms with van der Waals surface area (Å²) in [5.74, 6) is -0.950. The molecular weight excluding hydrogens is 773 g/mol. The SMILES string of the molecule is CC(=O)O/N=C(\C)C(=O)c1ccc(Sc2ccc(OCCO)cc2)cc1.CCCCCC/C(=N\OC(=O)c1ccccc1)C(=O)c1ccc(Sc2ccccc2)cc1. The Morgan fingerprint density at radius 2 is 1.09 bits per heavy atom. The lowest BCUT2D eigenvalue weighted by molar-refractivity contribution is -0.140. The standard InChI is InChI=1S/C27H27NO3S.C19H19NO5S/c1-2-3-4-11-16-25(28-31-27(30)22-12-7-5-8-13-22)26(29)21-17-19-24(20-18-21)32-23-14-9-6-10-15-23;1-13(20-25-14(2)22)19(23)15-3-7-17(8-4-15)26-18-9-5-16(6-10-18)24-12-11-21/h5-10,12-15,17-20H,2-4,11,16H2,1H3;3-10,21H,11-12H2,1-2H3/b28-25+;20-13+. The van der Waals surface area contributed by atoms with Crippen LogP contribution in [0.2, 0.25) is 0 Å². The first-order valence-electron chi connectivity index (χ1n) is 18.8. The van der Waals surface area contributed by atoms with Crippen molar-refractivity contribution >= 4 is 58.5 Å². The molecule has 5 aromatic carbocycles. The average molecular weight is 819 g/mol. The summed E-state index contributed by atoms with van der Waals surface area (Å²) >= 11 is 3.18. The van der Waals surface area contributed by atoms with Crippen molar-refractivity contribution in [3.63, 3.8) is 0 Å². The number of aliphatic hydroxyl groups excluding tert-OH is 1. The molecule has 0 aliphatic carbocycles. The van der Waals surface area contributed by atoms with E-state index in [4.69, 9.17) is 14.7 Å². The molecule has 0 radical (unpaired) electrons. The number of ether oxygens (including phenoxy) is 1. The van der Waals surface area contributed by atoms with Gasteiger partial charge >= 0.3 is 11.9 Å². The van der Waals surface area contributed by atoms with Crippen molar-refractivity contribution in [1.29, 1.82) is 0 Å². The van der Waals surface area contributed by atoms with Gasteiger partial charge in [-0.05, 0) is 117 Å². The normalized spacial score (nSPS) is 11.2. The number of Topliss-reactive ketones (excluding diaryl/α,β-unsaturated/α-hetero) is 2. The Balaban J connectivity index is 0.000000262. The highest BCUT2D eigenvalue weighted by atomic mass is 32.2. The Labute approximate surface area is 347 Å². The maximum absolute atomic E-state index is 13.1. The van der Waals surface area contributed by atoms with Crippen LogP contribution in [-0.4, -0.2) is 53.2 Å². The van der Waals surface area contributed by atoms with Crippen LogP contribution in [0.15, 0.2) is 163 Å². The van der Waals surface area contributed by atoms with E-state index in [1.165, 1.54) is 13.8 Å². The van der Waals surface area contributed by atoms with Crippen molar-refractivity contribution in [1.82, 2.24) is 0 Å². The van der Waals surface area contributed by atoms with Crippen molar-refractivity contribution in [2.75, 3.05) is 13.2 Å². The number of nitrogens with zero attached hydrogens (tertiary/aromatic N) is 2. The third-order valence-electron chi connectivity index (χ3n) is 8.05. The zero-order valence-electron chi connectivity index (χ0n) is 32.7. The summed E-state index contributed by atoms with van der Waals surface area (Å²) in [6.07, 6.45) is 4.49. The van der Waals surface area contributed by atoms with E-state index in [1.54, 1.807) is 72.1 Å². The number of carbonyl (C=O) groups is 4. The first-order valence-corrected chi connectivity index (χ1v) is 20.4. The molecule has 0 fully saturated rings. The van der Waals surface area contributed by atoms with Crippen molar-refractivity contribution in [3.05, 3.63) is 150 Å². The molecule has 5 aromatic rings. The van der Waals surface area contributed by atoms with Gasteiger partial charge in [-0.3, -0.25) is 9.59 Å². The van der Waals surface area contributed by atoms with Crippen molar-refractivity contribution < 1.29 is 38.7 Å². The van der Waals surface area contributed by atoms with E-state index in [2.05, 4.69) is 22.1 Å². The van der Waals surface area contributed by atoms with Gasteiger partial charge in [0.25, 0.3) is 0 Å². The van der Waals surface area contributed by atoms with Crippen LogP contribution >= 0.6 is 23.5 Å². The molecule has 0 amide bonds. The molecule has 58 heavy (non-hydrogen) atoms. The molecule has 12 heteroatoms. The molecule has 0 atom stereocenters. The fourth-order valence-electron chi connectivity index (χ4n) is 5.07. The highest BCUT2D eigenvalue weighted by Crippen LogP contribution is 2.30. The summed E-state index contributed by atoms with van der Waals surface area (Å²) in [7, 11) is 0. The maximum Gasteiger partial charge on any atom is 0.365 e. The topological polar surface area (TPSA) is 141 Å². The second-order valence-corrected chi connectivity index (χ2v) is 14.9. The number of carbonyl (C=O) groups excluding carboxylic acids is 4. The van der Waals surface area contributed by atoms with Crippen molar-refractivity contribution in [2.24, 2.45) is 10.3 Å². The van der Waals surface area contributed by atoms with Gasteiger partial charge in [-0.25, -0.2) is 9.59 Å². The molecule has 0 aromatic heterocycles. The van der Waals surface area contributed by atoms with E-state index >= 15 is 0 Å². The first kappa shape index (κ1) is 44.9. The van der Waals surface area contributed by atoms with Gasteiger partial charge < -0.3 is 19.5 Å². The molecule has 300 valence electrons. The number of hydrogen-bond donors (Lipinski definition) is 1. The highest BCUT2D eigenvalue weighted by Gasteiger charge is 2.17. The lowest BCUT2D eigenvalue weighted by Gasteiger charge is -2.07. The number of oxime groups is 2. The summed E-state index contributed by atoms with van der Waals surface area (Å²) in [6.45, 7) is 5.10. The van der Waals surface area contributed by atoms with E-state index in [1.807, 2.05) is 84.9 Å². The van der Waals surface area contributed by atoms with Crippen LogP contribution in [0, 0.1) is 0 Å². The van der Waals surface area contributed by atoms with Crippen molar-refractivity contribution in [3.8, 4) is 5.75 Å². The Bertz CT molecular complexity index is 2120. The Hall–Kier alpha value is -5.82. The monoisotopic (exact) mass is 818 g/mol. The molecule has 0 aliphatic rings. The predicted octanol–water partition coefficient (Wildman–Crippen LogP) is 10.5. The first-order chi connectivity index (χ1) is 28.2. The van der Waals surface area contributed by atoms with Gasteiger partial charge in [0.1, 0.15) is 23.8 Å². The van der Waals surface area contributed by atoms with E-state index in [9.17, 15) is 19.2 Å². The Kier molecular flexibility index (Phi) is 19.1. The van der Waals surface area contributed by atoms with Crippen LogP contribution in [0.5, 0.6) is 5.75 Å². The Morgan fingerprint density at radius 1 is 0.569 bits per heavy atom. The molecule has 10 nitrogen and oxygen atoms in total. The minimum atomic E-state index is -0.573. The van der Waals surface area contributed by atoms with Crippen LogP contribution in [0.4, 0.5) is 0 Å². The van der Waals surface area contributed by atoms with E-state index < -0.39 is 11.9 Å². The van der Waals surface area contributed by atoms with Crippen LogP contribution in [0.1, 0.15) is 83.9 Å². The third-order valence-corrected chi connectivity index (χ3v) is 10.1. The van der Waals surface area contributed by atoms with Crippen molar-refractivity contribution in [2.45, 2.75) is 72.5 Å². The minimum absolute atomic E-state index is 0.0212. The second-order valence-electron chi connectivity index (χ2n) is 12.6. The third kappa shape index (κ3) is 15.6. The number of rotatable bonds is 19. The number of hydrogen-bond acceptors (Lipinski definition) is 12. The van der Waals surface area contributed by atoms with E-state index in [0.717, 1.165) is 45.3 Å². The minimum Gasteiger partial charge on any atom is -0.491 e. The van der Waals surface area contributed by atoms with E-state index in [0.29, 0.717) is 28.9 Å². The van der Waals surface area contributed by atoms with E-state index in [-0.39, 0.29) is 36.2 Å². The fraction of sp³-hybridized carbons (Fsp3) is 0.217. The molecule has 0 bridgehead atoms. The summed E-state index contributed by atoms with van der Waals surface area (Å²) in [4.78, 5) is 62.1. The molecule has 0 unspecified atom stereocenters. The predicted molar refractivity (Wildman–Crippen MR) is 228 cm³/mol. The van der Waals surface area contributed by atoms with Gasteiger partial charge in [0.15, 0.2) is 0 Å². The highest BCUT2D eigenvalue weighted by molar-refractivity contribution is 7.99. The zero-order chi connectivity index (χ0) is 41.5. The van der Waals surface area contributed by atoms with Gasteiger partial charge in [0.2, 0.25) is 11.6 Å². The lowest BCUT2D eigenvalue weighted by Crippen LogP contribution is -2.16. The lowest BCUT2D eigenvalue weighted by atomic mass is 10.0. The van der Waals surface area contributed by atoms with Gasteiger partial charge in [-0.15, -0.1) is 0 Å². The molecule has 0 heterocycles. The summed E-state index contributed by atoms with van der Waals surface area (Å²) in [5, 5.41) is 16.2. The number of ketones is 2. The van der Waals surface area contributed by atoms with Crippen LogP contribution in [0.3, 0.4) is 0 Å². The van der Waals surface area contributed by atoms with Gasteiger partial charge in [-0.1, -0.05) is 96.4 Å². The summed E-state index contributed by atoms with van der Waals surface area (Å²) in [5.41, 5.74) is 1.78. The second kappa shape index (κ2) is 24.7. The fourth-order valence-corrected chi connectivity index (χ4v) is 6.72. The average Bonchev–Trinajstić information content (AvgIpc) is 3.26. The van der Waals surface area contributed by atoms with Crippen LogP contribution in [-0.2, 0) is 14.5 Å². The number of aliphatic hydroxyl groups is 1. The molecule has 1 N–H and O–H groups in total. The number of benzene rings is 5. The summed E-state index contributed by atoms with van der Waals surface area (Å²) in [6, 6.07) is 40.8. The molecule has 5 rings (SSSR count). The van der Waals surface area contributed by atoms with Crippen LogP contribution in [0.25, 0.3) is 0 Å². The number of unbranched alkanes of at least 4 members (excludes halogenated alkanes) is 3. The quantitative estimate of drug-likeness (QED) is 0.0281. The summed E-state index contributed by atoms with van der Waals surface area (Å²) < 4.78 is 5.32. The van der Waals surface area contributed by atoms with Crippen LogP contribution < -0.4 is 4.74 Å². The zero-order valence-corrected chi connectivity index (χ0v) is 34.3. The molecule has 0 aliphatic heterocycles. The Morgan fingerprint density at radius 3 is 1.62 bits per heavy atom.